The minimum Gasteiger partial charge on any atom is -0.309 e. The van der Waals surface area contributed by atoms with E-state index < -0.39 is 0 Å². The molecule has 3 heterocycles. The molecule has 0 bridgehead atoms. The van der Waals surface area contributed by atoms with E-state index in [-0.39, 0.29) is 0 Å². The van der Waals surface area contributed by atoms with Crippen molar-refractivity contribution >= 4 is 49.1 Å². The highest BCUT2D eigenvalue weighted by Gasteiger charge is 2.15. The molecule has 9 rings (SSSR count). The lowest BCUT2D eigenvalue weighted by Crippen LogP contribution is -1.94. The Morgan fingerprint density at radius 1 is 0.405 bits per heavy atom. The molecule has 3 heteroatoms. The van der Waals surface area contributed by atoms with Crippen LogP contribution in [0, 0.1) is 0 Å². The lowest BCUT2D eigenvalue weighted by atomic mass is 9.98. The number of fused-ring (bicyclic) bond motifs is 9. The molecule has 0 atom stereocenters. The van der Waals surface area contributed by atoms with Gasteiger partial charge in [-0.15, -0.1) is 0 Å². The summed E-state index contributed by atoms with van der Waals surface area (Å²) in [4.78, 5) is 4.65. The molecule has 6 aromatic carbocycles. The van der Waals surface area contributed by atoms with Crippen LogP contribution in [0.1, 0.15) is 0 Å². The van der Waals surface area contributed by atoms with Crippen molar-refractivity contribution in [3.05, 3.63) is 152 Å². The van der Waals surface area contributed by atoms with Gasteiger partial charge in [0, 0.05) is 39.6 Å². The van der Waals surface area contributed by atoms with Crippen LogP contribution in [0.3, 0.4) is 0 Å². The molecule has 3 nitrogen and oxygen atoms in total. The molecule has 3 aromatic heterocycles. The van der Waals surface area contributed by atoms with Gasteiger partial charge in [-0.2, -0.15) is 0 Å². The van der Waals surface area contributed by atoms with E-state index in [1.54, 1.807) is 0 Å². The maximum Gasteiger partial charge on any atom is 0.145 e. The molecule has 0 amide bonds. The van der Waals surface area contributed by atoms with Crippen LogP contribution in [0.2, 0.25) is 0 Å². The molecule has 42 heavy (non-hydrogen) atoms. The molecule has 0 saturated heterocycles. The fourth-order valence-corrected chi connectivity index (χ4v) is 6.64. The van der Waals surface area contributed by atoms with Gasteiger partial charge in [0.1, 0.15) is 5.65 Å². The Labute approximate surface area is 242 Å². The van der Waals surface area contributed by atoms with Gasteiger partial charge in [-0.05, 0) is 70.1 Å². The first kappa shape index (κ1) is 23.1. The van der Waals surface area contributed by atoms with Gasteiger partial charge in [-0.3, -0.25) is 4.40 Å². The van der Waals surface area contributed by atoms with Crippen LogP contribution < -0.4 is 0 Å². The van der Waals surface area contributed by atoms with Gasteiger partial charge < -0.3 is 4.57 Å². The highest BCUT2D eigenvalue weighted by molar-refractivity contribution is 6.13. The van der Waals surface area contributed by atoms with Crippen LogP contribution in [-0.2, 0) is 0 Å². The standard InChI is InChI=1S/C39H25N3/c1-2-9-26(10-3-1)27-11-8-12-30(23-27)42-37-16-7-6-14-32(37)35-25-29(18-20-38(35)42)28-17-19-36-34(24-28)31-13-4-5-15-33(31)39-40-21-22-41(36)39/h1-25H. The van der Waals surface area contributed by atoms with Crippen molar-refractivity contribution in [2.45, 2.75) is 0 Å². The minimum absolute atomic E-state index is 0.997. The van der Waals surface area contributed by atoms with Crippen LogP contribution in [0.5, 0.6) is 0 Å². The Balaban J connectivity index is 1.26. The number of benzene rings is 6. The highest BCUT2D eigenvalue weighted by atomic mass is 15.0. The Kier molecular flexibility index (Phi) is 4.90. The first-order valence-corrected chi connectivity index (χ1v) is 14.3. The van der Waals surface area contributed by atoms with Crippen molar-refractivity contribution in [3.63, 3.8) is 0 Å². The van der Waals surface area contributed by atoms with Crippen molar-refractivity contribution in [2.75, 3.05) is 0 Å². The largest absolute Gasteiger partial charge is 0.309 e. The van der Waals surface area contributed by atoms with E-state index in [0.29, 0.717) is 0 Å². The molecule has 0 radical (unpaired) electrons. The third kappa shape index (κ3) is 3.37. The average Bonchev–Trinajstić information content (AvgIpc) is 3.69. The van der Waals surface area contributed by atoms with Gasteiger partial charge in [0.25, 0.3) is 0 Å². The Bertz CT molecular complexity index is 2460. The molecule has 0 aliphatic carbocycles. The van der Waals surface area contributed by atoms with Crippen molar-refractivity contribution in [1.29, 1.82) is 0 Å². The zero-order chi connectivity index (χ0) is 27.6. The second-order valence-corrected chi connectivity index (χ2v) is 10.9. The molecule has 0 aliphatic heterocycles. The molecular weight excluding hydrogens is 510 g/mol. The zero-order valence-electron chi connectivity index (χ0n) is 22.8. The van der Waals surface area contributed by atoms with Gasteiger partial charge in [0.05, 0.1) is 16.6 Å². The molecule has 9 aromatic rings. The van der Waals surface area contributed by atoms with Crippen molar-refractivity contribution in [1.82, 2.24) is 14.0 Å². The summed E-state index contributed by atoms with van der Waals surface area (Å²) >= 11 is 0. The van der Waals surface area contributed by atoms with E-state index >= 15 is 0 Å². The number of hydrogen-bond donors (Lipinski definition) is 0. The Morgan fingerprint density at radius 3 is 1.86 bits per heavy atom. The van der Waals surface area contributed by atoms with Gasteiger partial charge >= 0.3 is 0 Å². The summed E-state index contributed by atoms with van der Waals surface area (Å²) in [6.07, 6.45) is 3.94. The van der Waals surface area contributed by atoms with Crippen molar-refractivity contribution < 1.29 is 0 Å². The van der Waals surface area contributed by atoms with Crippen LogP contribution in [0.15, 0.2) is 152 Å². The summed E-state index contributed by atoms with van der Waals surface area (Å²) in [5.41, 5.74) is 10.6. The normalized spacial score (nSPS) is 11.8. The summed E-state index contributed by atoms with van der Waals surface area (Å²) in [6.45, 7) is 0. The van der Waals surface area contributed by atoms with Crippen molar-refractivity contribution in [3.8, 4) is 27.9 Å². The smallest absolute Gasteiger partial charge is 0.145 e. The summed E-state index contributed by atoms with van der Waals surface area (Å²) in [6, 6.07) is 50.4. The Morgan fingerprint density at radius 2 is 1.02 bits per heavy atom. The second-order valence-electron chi connectivity index (χ2n) is 10.9. The van der Waals surface area contributed by atoms with Crippen LogP contribution in [0.4, 0.5) is 0 Å². The van der Waals surface area contributed by atoms with Crippen molar-refractivity contribution in [2.24, 2.45) is 0 Å². The lowest BCUT2D eigenvalue weighted by Gasteiger charge is -2.12. The van der Waals surface area contributed by atoms with Crippen LogP contribution in [-0.4, -0.2) is 14.0 Å². The lowest BCUT2D eigenvalue weighted by molar-refractivity contribution is 1.18. The molecule has 0 N–H and O–H groups in total. The monoisotopic (exact) mass is 535 g/mol. The van der Waals surface area contributed by atoms with Gasteiger partial charge in [0.2, 0.25) is 0 Å². The second kappa shape index (κ2) is 8.92. The third-order valence-electron chi connectivity index (χ3n) is 8.57. The fraction of sp³-hybridized carbons (Fsp3) is 0. The third-order valence-corrected chi connectivity index (χ3v) is 8.57. The molecule has 0 saturated carbocycles. The number of imidazole rings is 1. The predicted molar refractivity (Wildman–Crippen MR) is 175 cm³/mol. The first-order valence-electron chi connectivity index (χ1n) is 14.3. The number of rotatable bonds is 3. The van der Waals surface area contributed by atoms with Gasteiger partial charge in [0.15, 0.2) is 0 Å². The zero-order valence-corrected chi connectivity index (χ0v) is 22.8. The number of nitrogens with zero attached hydrogens (tertiary/aromatic N) is 3. The van der Waals surface area contributed by atoms with E-state index in [1.165, 1.54) is 65.7 Å². The number of aromatic nitrogens is 3. The highest BCUT2D eigenvalue weighted by Crippen LogP contribution is 2.37. The van der Waals surface area contributed by atoms with E-state index in [1.807, 2.05) is 6.20 Å². The molecule has 0 fully saturated rings. The van der Waals surface area contributed by atoms with E-state index in [4.69, 9.17) is 0 Å². The Hall–Kier alpha value is -5.67. The van der Waals surface area contributed by atoms with E-state index in [9.17, 15) is 0 Å². The topological polar surface area (TPSA) is 22.2 Å². The summed E-state index contributed by atoms with van der Waals surface area (Å²) < 4.78 is 4.59. The number of para-hydroxylation sites is 1. The fourth-order valence-electron chi connectivity index (χ4n) is 6.64. The molecular formula is C39H25N3. The quantitative estimate of drug-likeness (QED) is 0.206. The van der Waals surface area contributed by atoms with Gasteiger partial charge in [-0.25, -0.2) is 4.98 Å². The first-order chi connectivity index (χ1) is 20.8. The number of hydrogen-bond acceptors (Lipinski definition) is 1. The predicted octanol–water partition coefficient (Wildman–Crippen LogP) is 10.1. The maximum absolute atomic E-state index is 4.65. The van der Waals surface area contributed by atoms with Crippen LogP contribution >= 0.6 is 0 Å². The molecule has 0 spiro atoms. The maximum atomic E-state index is 4.65. The number of pyridine rings is 1. The summed E-state index contributed by atoms with van der Waals surface area (Å²) in [5, 5.41) is 6.13. The molecule has 0 unspecified atom stereocenters. The average molecular weight is 536 g/mol. The van der Waals surface area contributed by atoms with E-state index in [0.717, 1.165) is 11.3 Å². The molecule has 196 valence electrons. The van der Waals surface area contributed by atoms with E-state index in [2.05, 4.69) is 160 Å². The van der Waals surface area contributed by atoms with Gasteiger partial charge in [-0.1, -0.05) is 97.1 Å². The van der Waals surface area contributed by atoms with Crippen LogP contribution in [0.25, 0.3) is 77.1 Å². The SMILES string of the molecule is c1ccc(-c2cccc(-n3c4ccccc4c4cc(-c5ccc6c(c5)c5ccccc5c5nccn65)ccc43)c2)cc1. The minimum atomic E-state index is 0.997. The molecule has 0 aliphatic rings. The summed E-state index contributed by atoms with van der Waals surface area (Å²) in [7, 11) is 0. The summed E-state index contributed by atoms with van der Waals surface area (Å²) in [5.74, 6) is 0.